The standard InChI is InChI=1S/C13H15FN5O6P/c1-7-11-16-3-9(19(11)18-6-17-7)13(5-15)12(2,14)10(20)8(25-13)4-24-26(21,22)23/h3,6,8,10,20H,4H2,1-2H3,(H2,21,22,23)/t8-,10-,12-,13+/m1/s1. The van der Waals surface area contributed by atoms with Crippen LogP contribution in [0.25, 0.3) is 5.65 Å². The van der Waals surface area contributed by atoms with Gasteiger partial charge in [-0.05, 0) is 13.8 Å². The number of phosphoric acid groups is 1. The summed E-state index contributed by atoms with van der Waals surface area (Å²) in [5, 5.41) is 23.9. The third-order valence-corrected chi connectivity index (χ3v) is 4.81. The summed E-state index contributed by atoms with van der Waals surface area (Å²) in [6.45, 7) is 1.77. The molecule has 26 heavy (non-hydrogen) atoms. The molecular weight excluding hydrogens is 372 g/mol. The Morgan fingerprint density at radius 2 is 2.23 bits per heavy atom. The first-order valence-corrected chi connectivity index (χ1v) is 8.88. The second-order valence-corrected chi connectivity index (χ2v) is 7.22. The van der Waals surface area contributed by atoms with Crippen LogP contribution in [0.4, 0.5) is 4.39 Å². The van der Waals surface area contributed by atoms with E-state index in [2.05, 4.69) is 19.6 Å². The summed E-state index contributed by atoms with van der Waals surface area (Å²) in [6.07, 6.45) is -1.04. The van der Waals surface area contributed by atoms with Crippen molar-refractivity contribution in [3.05, 3.63) is 23.9 Å². The molecule has 0 saturated carbocycles. The molecule has 3 rings (SSSR count). The van der Waals surface area contributed by atoms with E-state index >= 15 is 4.39 Å². The summed E-state index contributed by atoms with van der Waals surface area (Å²) in [5.74, 6) is 0. The van der Waals surface area contributed by atoms with E-state index < -0.39 is 37.9 Å². The molecule has 1 aliphatic rings. The second kappa shape index (κ2) is 6.02. The Morgan fingerprint density at radius 1 is 1.54 bits per heavy atom. The summed E-state index contributed by atoms with van der Waals surface area (Å²) < 4.78 is 37.2. The smallest absolute Gasteiger partial charge is 0.387 e. The number of aryl methyl sites for hydroxylation is 1. The molecule has 2 aromatic rings. The number of hydrogen-bond acceptors (Lipinski definition) is 8. The molecule has 1 saturated heterocycles. The van der Waals surface area contributed by atoms with E-state index in [1.165, 1.54) is 17.0 Å². The van der Waals surface area contributed by atoms with Gasteiger partial charge in [-0.15, -0.1) is 0 Å². The van der Waals surface area contributed by atoms with Crippen molar-refractivity contribution in [1.82, 2.24) is 19.6 Å². The van der Waals surface area contributed by atoms with Gasteiger partial charge in [-0.3, -0.25) is 4.52 Å². The van der Waals surface area contributed by atoms with Crippen LogP contribution in [0.1, 0.15) is 18.3 Å². The highest BCUT2D eigenvalue weighted by Gasteiger charge is 2.67. The van der Waals surface area contributed by atoms with E-state index in [1.54, 1.807) is 13.0 Å². The van der Waals surface area contributed by atoms with Gasteiger partial charge in [-0.1, -0.05) is 0 Å². The summed E-state index contributed by atoms with van der Waals surface area (Å²) >= 11 is 0. The fourth-order valence-corrected chi connectivity index (χ4v) is 3.28. The maximum Gasteiger partial charge on any atom is 0.469 e. The molecule has 0 radical (unpaired) electrons. The van der Waals surface area contributed by atoms with Crippen LogP contribution in [0.2, 0.25) is 0 Å². The normalized spacial score (nSPS) is 32.0. The molecule has 3 N–H and O–H groups in total. The van der Waals surface area contributed by atoms with Gasteiger partial charge in [0.25, 0.3) is 0 Å². The summed E-state index contributed by atoms with van der Waals surface area (Å²) in [7, 11) is -4.88. The van der Waals surface area contributed by atoms with Crippen molar-refractivity contribution in [3.63, 3.8) is 0 Å². The molecule has 4 atom stereocenters. The average molecular weight is 387 g/mol. The number of rotatable bonds is 4. The van der Waals surface area contributed by atoms with E-state index in [0.717, 1.165) is 6.92 Å². The van der Waals surface area contributed by atoms with Gasteiger partial charge in [0.05, 0.1) is 18.5 Å². The fourth-order valence-electron chi connectivity index (χ4n) is 2.93. The number of nitriles is 1. The van der Waals surface area contributed by atoms with Crippen molar-refractivity contribution >= 4 is 13.5 Å². The quantitative estimate of drug-likeness (QED) is 0.596. The second-order valence-electron chi connectivity index (χ2n) is 5.98. The van der Waals surface area contributed by atoms with E-state index in [4.69, 9.17) is 14.5 Å². The van der Waals surface area contributed by atoms with Crippen LogP contribution in [-0.4, -0.2) is 59.0 Å². The largest absolute Gasteiger partial charge is 0.469 e. The average Bonchev–Trinajstić information content (AvgIpc) is 3.06. The number of aliphatic hydroxyl groups excluding tert-OH is 1. The van der Waals surface area contributed by atoms with Crippen LogP contribution in [0.15, 0.2) is 12.5 Å². The Bertz CT molecular complexity index is 939. The first-order valence-electron chi connectivity index (χ1n) is 7.35. The van der Waals surface area contributed by atoms with Crippen molar-refractivity contribution in [2.75, 3.05) is 6.61 Å². The van der Waals surface area contributed by atoms with Gasteiger partial charge < -0.3 is 19.6 Å². The lowest BCUT2D eigenvalue weighted by molar-refractivity contribution is -0.0713. The number of fused-ring (bicyclic) bond motifs is 1. The van der Waals surface area contributed by atoms with Gasteiger partial charge in [0, 0.05) is 0 Å². The van der Waals surface area contributed by atoms with Crippen molar-refractivity contribution in [2.45, 2.75) is 37.3 Å². The number of nitrogens with zero attached hydrogens (tertiary/aromatic N) is 5. The Hall–Kier alpha value is -2.00. The van der Waals surface area contributed by atoms with Crippen molar-refractivity contribution < 1.29 is 33.1 Å². The maximum absolute atomic E-state index is 15.5. The SMILES string of the molecule is Cc1ncnn2c([C@]3(C#N)O[C@H](COP(=O)(O)O)[C@@H](O)[C@@]3(C)F)cnc12. The molecule has 3 heterocycles. The summed E-state index contributed by atoms with van der Waals surface area (Å²) in [5.41, 5.74) is -4.35. The van der Waals surface area contributed by atoms with E-state index in [9.17, 15) is 14.9 Å². The monoisotopic (exact) mass is 387 g/mol. The lowest BCUT2D eigenvalue weighted by atomic mass is 9.82. The van der Waals surface area contributed by atoms with Crippen molar-refractivity contribution in [3.8, 4) is 6.07 Å². The molecular formula is C13H15FN5O6P. The molecule has 140 valence electrons. The predicted molar refractivity (Wildman–Crippen MR) is 81.2 cm³/mol. The number of imidazole rings is 1. The first kappa shape index (κ1) is 18.8. The highest BCUT2D eigenvalue weighted by atomic mass is 31.2. The van der Waals surface area contributed by atoms with Crippen LogP contribution in [0.5, 0.6) is 0 Å². The third-order valence-electron chi connectivity index (χ3n) is 4.33. The Morgan fingerprint density at radius 3 is 2.85 bits per heavy atom. The number of aromatic nitrogens is 4. The number of aliphatic hydroxyl groups is 1. The maximum atomic E-state index is 15.5. The van der Waals surface area contributed by atoms with Crippen molar-refractivity contribution in [2.24, 2.45) is 0 Å². The number of alkyl halides is 1. The summed E-state index contributed by atoms with van der Waals surface area (Å²) in [4.78, 5) is 25.6. The van der Waals surface area contributed by atoms with E-state index in [1.807, 2.05) is 0 Å². The number of phosphoric ester groups is 1. The molecule has 11 nitrogen and oxygen atoms in total. The van der Waals surface area contributed by atoms with E-state index in [0.29, 0.717) is 5.69 Å². The van der Waals surface area contributed by atoms with Crippen LogP contribution in [0, 0.1) is 18.3 Å². The minimum Gasteiger partial charge on any atom is -0.387 e. The van der Waals surface area contributed by atoms with Gasteiger partial charge in [0.2, 0.25) is 5.60 Å². The minimum atomic E-state index is -4.88. The molecule has 13 heteroatoms. The number of hydrogen-bond donors (Lipinski definition) is 3. The zero-order valence-electron chi connectivity index (χ0n) is 13.6. The number of halogens is 1. The molecule has 0 unspecified atom stereocenters. The molecule has 1 fully saturated rings. The van der Waals surface area contributed by atoms with Gasteiger partial charge in [0.15, 0.2) is 11.3 Å². The van der Waals surface area contributed by atoms with Crippen LogP contribution in [-0.2, 0) is 19.4 Å². The van der Waals surface area contributed by atoms with Gasteiger partial charge >= 0.3 is 7.82 Å². The zero-order chi connectivity index (χ0) is 19.3. The van der Waals surface area contributed by atoms with Crippen LogP contribution in [0.3, 0.4) is 0 Å². The zero-order valence-corrected chi connectivity index (χ0v) is 14.5. The number of ether oxygens (including phenoxy) is 1. The molecule has 2 aromatic heterocycles. The topological polar surface area (TPSA) is 163 Å². The minimum absolute atomic E-state index is 0.0942. The lowest BCUT2D eigenvalue weighted by Gasteiger charge is -2.30. The van der Waals surface area contributed by atoms with Gasteiger partial charge in [0.1, 0.15) is 30.3 Å². The molecule has 0 spiro atoms. The predicted octanol–water partition coefficient (Wildman–Crippen LogP) is -0.251. The Labute approximate surface area is 146 Å². The van der Waals surface area contributed by atoms with E-state index in [-0.39, 0.29) is 11.3 Å². The van der Waals surface area contributed by atoms with Crippen molar-refractivity contribution in [1.29, 1.82) is 5.26 Å². The molecule has 0 bridgehead atoms. The Balaban J connectivity index is 2.09. The first-order chi connectivity index (χ1) is 12.0. The fraction of sp³-hybridized carbons (Fsp3) is 0.538. The summed E-state index contributed by atoms with van der Waals surface area (Å²) in [6, 6.07) is 1.71. The molecule has 0 aliphatic carbocycles. The van der Waals surface area contributed by atoms with Gasteiger partial charge in [-0.2, -0.15) is 10.4 Å². The van der Waals surface area contributed by atoms with Gasteiger partial charge in [-0.25, -0.2) is 23.4 Å². The Kier molecular flexibility index (Phi) is 4.35. The molecule has 0 amide bonds. The lowest BCUT2D eigenvalue weighted by Crippen LogP contribution is -2.48. The highest BCUT2D eigenvalue weighted by molar-refractivity contribution is 7.46. The molecule has 1 aliphatic heterocycles. The molecule has 0 aromatic carbocycles. The van der Waals surface area contributed by atoms with Crippen LogP contribution < -0.4 is 0 Å². The van der Waals surface area contributed by atoms with Crippen LogP contribution >= 0.6 is 7.82 Å². The highest BCUT2D eigenvalue weighted by Crippen LogP contribution is 2.50. The third kappa shape index (κ3) is 2.69.